The summed E-state index contributed by atoms with van der Waals surface area (Å²) in [5, 5.41) is 11.8. The largest absolute Gasteiger partial charge is 0.478 e. The molecule has 0 saturated carbocycles. The molecule has 3 rings (SSSR count). The number of anilines is 1. The van der Waals surface area contributed by atoms with E-state index in [4.69, 9.17) is 4.42 Å². The van der Waals surface area contributed by atoms with Crippen molar-refractivity contribution in [2.45, 2.75) is 0 Å². The normalized spacial score (nSPS) is 10.6. The summed E-state index contributed by atoms with van der Waals surface area (Å²) in [5.41, 5.74) is 1.72. The molecule has 1 aromatic heterocycles. The number of carboxylic acid groups (broad SMARTS) is 1. The molecule has 2 N–H and O–H groups in total. The molecule has 0 radical (unpaired) electrons. The van der Waals surface area contributed by atoms with Gasteiger partial charge in [0.25, 0.3) is 5.91 Å². The van der Waals surface area contributed by atoms with Crippen LogP contribution in [-0.4, -0.2) is 22.0 Å². The third kappa shape index (κ3) is 2.71. The zero-order valence-electron chi connectivity index (χ0n) is 11.0. The second kappa shape index (κ2) is 5.61. The smallest absolute Gasteiger partial charge is 0.337 e. The van der Waals surface area contributed by atoms with E-state index in [1.807, 2.05) is 0 Å². The summed E-state index contributed by atoms with van der Waals surface area (Å²) in [4.78, 5) is 27.5. The summed E-state index contributed by atoms with van der Waals surface area (Å²) in [7, 11) is 0. The van der Waals surface area contributed by atoms with E-state index in [9.17, 15) is 14.7 Å². The molecule has 110 valence electrons. The van der Waals surface area contributed by atoms with Crippen LogP contribution >= 0.6 is 15.9 Å². The molecule has 1 amide bonds. The van der Waals surface area contributed by atoms with Gasteiger partial charge in [-0.2, -0.15) is 0 Å². The van der Waals surface area contributed by atoms with E-state index >= 15 is 0 Å². The number of carbonyl (C=O) groups excluding carboxylic acids is 1. The lowest BCUT2D eigenvalue weighted by Gasteiger charge is -2.09. The van der Waals surface area contributed by atoms with Gasteiger partial charge in [0.1, 0.15) is 5.52 Å². The lowest BCUT2D eigenvalue weighted by Crippen LogP contribution is -2.14. The molecule has 6 nitrogen and oxygen atoms in total. The van der Waals surface area contributed by atoms with Gasteiger partial charge in [-0.25, -0.2) is 9.78 Å². The van der Waals surface area contributed by atoms with Crippen LogP contribution in [0, 0.1) is 0 Å². The zero-order valence-corrected chi connectivity index (χ0v) is 12.6. The maximum atomic E-state index is 12.3. The molecular weight excluding hydrogens is 352 g/mol. The van der Waals surface area contributed by atoms with Gasteiger partial charge in [0.05, 0.1) is 11.3 Å². The van der Waals surface area contributed by atoms with Crippen LogP contribution in [0.5, 0.6) is 0 Å². The number of rotatable bonds is 3. The van der Waals surface area contributed by atoms with E-state index in [0.717, 1.165) is 0 Å². The molecule has 0 fully saturated rings. The van der Waals surface area contributed by atoms with Crippen molar-refractivity contribution in [3.8, 4) is 0 Å². The molecule has 0 aliphatic rings. The quantitative estimate of drug-likeness (QED) is 0.744. The third-order valence-corrected chi connectivity index (χ3v) is 3.55. The number of nitrogens with zero attached hydrogens (tertiary/aromatic N) is 1. The Bertz CT molecular complexity index is 888. The minimum atomic E-state index is -1.12. The van der Waals surface area contributed by atoms with Gasteiger partial charge in [0, 0.05) is 10.0 Å². The Balaban J connectivity index is 1.92. The highest BCUT2D eigenvalue weighted by molar-refractivity contribution is 9.10. The molecule has 0 aliphatic carbocycles. The number of aromatic carboxylic acids is 1. The van der Waals surface area contributed by atoms with E-state index in [2.05, 4.69) is 26.2 Å². The van der Waals surface area contributed by atoms with E-state index in [-0.39, 0.29) is 11.3 Å². The monoisotopic (exact) mass is 360 g/mol. The maximum Gasteiger partial charge on any atom is 0.337 e. The van der Waals surface area contributed by atoms with Gasteiger partial charge in [-0.05, 0) is 36.4 Å². The molecule has 1 heterocycles. The standard InChI is InChI=1S/C15H9BrN2O4/c16-9-2-3-11(10(6-9)15(20)21)18-14(19)8-1-4-13-12(5-8)17-7-22-13/h1-7H,(H,18,19)(H,20,21). The van der Waals surface area contributed by atoms with Crippen molar-refractivity contribution in [2.24, 2.45) is 0 Å². The average Bonchev–Trinajstić information content (AvgIpc) is 2.96. The maximum absolute atomic E-state index is 12.3. The summed E-state index contributed by atoms with van der Waals surface area (Å²) in [6.45, 7) is 0. The fraction of sp³-hybridized carbons (Fsp3) is 0. The molecule has 3 aromatic rings. The van der Waals surface area contributed by atoms with Crippen LogP contribution in [0.25, 0.3) is 11.1 Å². The van der Waals surface area contributed by atoms with Crippen LogP contribution in [0.4, 0.5) is 5.69 Å². The fourth-order valence-corrected chi connectivity index (χ4v) is 2.36. The van der Waals surface area contributed by atoms with Crippen molar-refractivity contribution in [1.82, 2.24) is 4.98 Å². The molecule has 7 heteroatoms. The summed E-state index contributed by atoms with van der Waals surface area (Å²) >= 11 is 3.20. The minimum absolute atomic E-state index is 0.00485. The van der Waals surface area contributed by atoms with Gasteiger partial charge in [-0.1, -0.05) is 15.9 Å². The summed E-state index contributed by atoms with van der Waals surface area (Å²) < 4.78 is 5.73. The summed E-state index contributed by atoms with van der Waals surface area (Å²) in [6, 6.07) is 9.41. The van der Waals surface area contributed by atoms with Crippen LogP contribution in [0.15, 0.2) is 51.7 Å². The Hall–Kier alpha value is -2.67. The molecule has 22 heavy (non-hydrogen) atoms. The third-order valence-electron chi connectivity index (χ3n) is 3.05. The van der Waals surface area contributed by atoms with Gasteiger partial charge in [0.15, 0.2) is 12.0 Å². The van der Waals surface area contributed by atoms with E-state index < -0.39 is 11.9 Å². The summed E-state index contributed by atoms with van der Waals surface area (Å²) in [6.07, 6.45) is 1.30. The first-order chi connectivity index (χ1) is 10.5. The van der Waals surface area contributed by atoms with Gasteiger partial charge >= 0.3 is 5.97 Å². The van der Waals surface area contributed by atoms with Crippen LogP contribution in [0.2, 0.25) is 0 Å². The van der Waals surface area contributed by atoms with Crippen LogP contribution in [-0.2, 0) is 0 Å². The highest BCUT2D eigenvalue weighted by atomic mass is 79.9. The zero-order chi connectivity index (χ0) is 15.7. The Morgan fingerprint density at radius 1 is 1.18 bits per heavy atom. The lowest BCUT2D eigenvalue weighted by molar-refractivity contribution is 0.0698. The van der Waals surface area contributed by atoms with Gasteiger partial charge in [0.2, 0.25) is 0 Å². The number of amides is 1. The predicted octanol–water partition coefficient (Wildman–Crippen LogP) is 3.54. The first-order valence-electron chi connectivity index (χ1n) is 6.22. The van der Waals surface area contributed by atoms with Crippen LogP contribution < -0.4 is 5.32 Å². The lowest BCUT2D eigenvalue weighted by atomic mass is 10.1. The van der Waals surface area contributed by atoms with Crippen molar-refractivity contribution >= 4 is 44.6 Å². The number of halogens is 1. The number of nitrogens with one attached hydrogen (secondary N) is 1. The van der Waals surface area contributed by atoms with Crippen molar-refractivity contribution in [1.29, 1.82) is 0 Å². The highest BCUT2D eigenvalue weighted by Gasteiger charge is 2.15. The SMILES string of the molecule is O=C(Nc1ccc(Br)cc1C(=O)O)c1ccc2ocnc2c1. The average molecular weight is 361 g/mol. The molecule has 0 spiro atoms. The van der Waals surface area contributed by atoms with Crippen molar-refractivity contribution in [3.63, 3.8) is 0 Å². The van der Waals surface area contributed by atoms with Crippen molar-refractivity contribution < 1.29 is 19.1 Å². The highest BCUT2D eigenvalue weighted by Crippen LogP contribution is 2.22. The van der Waals surface area contributed by atoms with Crippen molar-refractivity contribution in [2.75, 3.05) is 5.32 Å². The van der Waals surface area contributed by atoms with E-state index in [0.29, 0.717) is 21.1 Å². The van der Waals surface area contributed by atoms with E-state index in [1.165, 1.54) is 18.5 Å². The summed E-state index contributed by atoms with van der Waals surface area (Å²) in [5.74, 6) is -1.54. The van der Waals surface area contributed by atoms with Gasteiger partial charge < -0.3 is 14.8 Å². The topological polar surface area (TPSA) is 92.4 Å². The first kappa shape index (κ1) is 14.3. The van der Waals surface area contributed by atoms with Crippen LogP contribution in [0.1, 0.15) is 20.7 Å². The number of aromatic nitrogens is 1. The second-order valence-corrected chi connectivity index (χ2v) is 5.40. The number of hydrogen-bond acceptors (Lipinski definition) is 4. The number of hydrogen-bond donors (Lipinski definition) is 2. The molecular formula is C15H9BrN2O4. The molecule has 0 bridgehead atoms. The number of carbonyl (C=O) groups is 2. The minimum Gasteiger partial charge on any atom is -0.478 e. The van der Waals surface area contributed by atoms with Crippen LogP contribution in [0.3, 0.4) is 0 Å². The fourth-order valence-electron chi connectivity index (χ4n) is 2.00. The molecule has 2 aromatic carbocycles. The number of oxazole rings is 1. The Morgan fingerprint density at radius 2 is 2.00 bits per heavy atom. The molecule has 0 saturated heterocycles. The number of carboxylic acids is 1. The Labute approximate surface area is 132 Å². The Kier molecular flexibility index (Phi) is 3.64. The van der Waals surface area contributed by atoms with Gasteiger partial charge in [-0.3, -0.25) is 4.79 Å². The Morgan fingerprint density at radius 3 is 2.77 bits per heavy atom. The predicted molar refractivity (Wildman–Crippen MR) is 83.1 cm³/mol. The molecule has 0 aliphatic heterocycles. The van der Waals surface area contributed by atoms with Crippen molar-refractivity contribution in [3.05, 3.63) is 58.4 Å². The van der Waals surface area contributed by atoms with E-state index in [1.54, 1.807) is 24.3 Å². The molecule has 0 unspecified atom stereocenters. The van der Waals surface area contributed by atoms with Gasteiger partial charge in [-0.15, -0.1) is 0 Å². The molecule has 0 atom stereocenters. The number of fused-ring (bicyclic) bond motifs is 1. The number of benzene rings is 2. The first-order valence-corrected chi connectivity index (χ1v) is 7.01. The second-order valence-electron chi connectivity index (χ2n) is 4.48.